The van der Waals surface area contributed by atoms with Crippen LogP contribution in [0.2, 0.25) is 5.02 Å². The molecule has 3 nitrogen and oxygen atoms in total. The fourth-order valence-corrected chi connectivity index (χ4v) is 4.86. The number of thiophene rings is 1. The monoisotopic (exact) mass is 387 g/mol. The second-order valence-corrected chi connectivity index (χ2v) is 8.55. The average Bonchev–Trinajstić information content (AvgIpc) is 3.19. The van der Waals surface area contributed by atoms with Gasteiger partial charge in [-0.3, -0.25) is 0 Å². The van der Waals surface area contributed by atoms with Crippen molar-refractivity contribution < 1.29 is 9.53 Å². The van der Waals surface area contributed by atoms with Crippen molar-refractivity contribution >= 4 is 40.6 Å². The predicted molar refractivity (Wildman–Crippen MR) is 107 cm³/mol. The zero-order valence-electron chi connectivity index (χ0n) is 14.7. The van der Waals surface area contributed by atoms with Crippen LogP contribution >= 0.6 is 22.9 Å². The van der Waals surface area contributed by atoms with E-state index < -0.39 is 0 Å². The molecule has 0 aliphatic carbocycles. The van der Waals surface area contributed by atoms with Crippen LogP contribution in [0.25, 0.3) is 11.6 Å². The quantitative estimate of drug-likeness (QED) is 0.539. The van der Waals surface area contributed by atoms with Crippen molar-refractivity contribution in [1.82, 2.24) is 4.90 Å². The molecule has 2 aliphatic rings. The van der Waals surface area contributed by atoms with Crippen LogP contribution in [0.5, 0.6) is 0 Å². The summed E-state index contributed by atoms with van der Waals surface area (Å²) >= 11 is 7.62. The first-order valence-electron chi connectivity index (χ1n) is 9.04. The molecule has 2 saturated heterocycles. The number of nitrogens with zero attached hydrogens (tertiary/aromatic N) is 1. The molecule has 26 heavy (non-hydrogen) atoms. The molecule has 0 spiro atoms. The lowest BCUT2D eigenvalue weighted by atomic mass is 10.00. The highest BCUT2D eigenvalue weighted by molar-refractivity contribution is 7.11. The van der Waals surface area contributed by atoms with Crippen LogP contribution in [0.3, 0.4) is 0 Å². The summed E-state index contributed by atoms with van der Waals surface area (Å²) in [5, 5.41) is 2.66. The summed E-state index contributed by atoms with van der Waals surface area (Å²) in [4.78, 5) is 16.5. The topological polar surface area (TPSA) is 29.5 Å². The van der Waals surface area contributed by atoms with E-state index in [2.05, 4.69) is 11.9 Å². The first-order chi connectivity index (χ1) is 12.6. The standard InChI is InChI=1S/C21H22ClNO2S/c1-23-16-8-9-17(23)12-18(11-16)25-21(24)20(13-19-3-2-10-26-19)14-4-6-15(22)7-5-14/h2-7,10,13,16-18H,8-9,11-12H2,1H3/b20-13-/t16-,17+,18?. The van der Waals surface area contributed by atoms with E-state index in [4.69, 9.17) is 16.3 Å². The molecular formula is C21H22ClNO2S. The van der Waals surface area contributed by atoms with Gasteiger partial charge < -0.3 is 9.64 Å². The van der Waals surface area contributed by atoms with Gasteiger partial charge in [-0.15, -0.1) is 11.3 Å². The maximum Gasteiger partial charge on any atom is 0.339 e. The third-order valence-electron chi connectivity index (χ3n) is 5.53. The second-order valence-electron chi connectivity index (χ2n) is 7.13. The fourth-order valence-electron chi connectivity index (χ4n) is 4.08. The van der Waals surface area contributed by atoms with E-state index >= 15 is 0 Å². The number of benzene rings is 1. The Kier molecular flexibility index (Phi) is 5.16. The van der Waals surface area contributed by atoms with Gasteiger partial charge in [0, 0.05) is 34.8 Å². The van der Waals surface area contributed by atoms with Crippen molar-refractivity contribution in [1.29, 1.82) is 0 Å². The molecule has 136 valence electrons. The molecule has 1 aromatic heterocycles. The zero-order valence-corrected chi connectivity index (χ0v) is 16.3. The maximum absolute atomic E-state index is 13.0. The van der Waals surface area contributed by atoms with E-state index in [-0.39, 0.29) is 12.1 Å². The summed E-state index contributed by atoms with van der Waals surface area (Å²) in [5.41, 5.74) is 1.43. The smallest absolute Gasteiger partial charge is 0.339 e. The van der Waals surface area contributed by atoms with Gasteiger partial charge in [0.2, 0.25) is 0 Å². The lowest BCUT2D eigenvalue weighted by Crippen LogP contribution is -2.43. The van der Waals surface area contributed by atoms with Crippen molar-refractivity contribution in [3.63, 3.8) is 0 Å². The molecule has 1 unspecified atom stereocenters. The first kappa shape index (κ1) is 17.8. The SMILES string of the molecule is CN1[C@@H]2CC[C@H]1CC(OC(=O)/C(=C\c1cccs1)c1ccc(Cl)cc1)C2. The van der Waals surface area contributed by atoms with Crippen LogP contribution < -0.4 is 0 Å². The van der Waals surface area contributed by atoms with E-state index in [1.165, 1.54) is 12.8 Å². The summed E-state index contributed by atoms with van der Waals surface area (Å²) < 4.78 is 5.95. The zero-order chi connectivity index (χ0) is 18.1. The Balaban J connectivity index is 1.56. The number of esters is 1. The number of carbonyl (C=O) groups is 1. The van der Waals surface area contributed by atoms with Gasteiger partial charge in [-0.25, -0.2) is 4.79 Å². The molecule has 2 aromatic rings. The van der Waals surface area contributed by atoms with Crippen molar-refractivity contribution in [2.75, 3.05) is 7.05 Å². The number of ether oxygens (including phenoxy) is 1. The summed E-state index contributed by atoms with van der Waals surface area (Å²) in [6.45, 7) is 0. The van der Waals surface area contributed by atoms with Crippen LogP contribution in [0.15, 0.2) is 41.8 Å². The minimum atomic E-state index is -0.241. The Hall–Kier alpha value is -1.62. The first-order valence-corrected chi connectivity index (χ1v) is 10.3. The van der Waals surface area contributed by atoms with Gasteiger partial charge in [0.05, 0.1) is 5.57 Å². The van der Waals surface area contributed by atoms with E-state index in [1.807, 2.05) is 47.9 Å². The van der Waals surface area contributed by atoms with E-state index in [0.29, 0.717) is 22.7 Å². The lowest BCUT2D eigenvalue weighted by molar-refractivity contribution is -0.144. The van der Waals surface area contributed by atoms with Gasteiger partial charge in [0.15, 0.2) is 0 Å². The third-order valence-corrected chi connectivity index (χ3v) is 6.60. The minimum absolute atomic E-state index is 0.00948. The Morgan fingerprint density at radius 3 is 2.50 bits per heavy atom. The average molecular weight is 388 g/mol. The number of halogens is 1. The van der Waals surface area contributed by atoms with Crippen molar-refractivity contribution in [3.05, 3.63) is 57.2 Å². The summed E-state index contributed by atoms with van der Waals surface area (Å²) in [5.74, 6) is -0.241. The molecule has 1 aromatic carbocycles. The Labute approximate surface area is 163 Å². The fraction of sp³-hybridized carbons (Fsp3) is 0.381. The van der Waals surface area contributed by atoms with Gasteiger partial charge in [0.25, 0.3) is 0 Å². The van der Waals surface area contributed by atoms with Crippen molar-refractivity contribution in [2.24, 2.45) is 0 Å². The predicted octanol–water partition coefficient (Wildman–Crippen LogP) is 5.11. The van der Waals surface area contributed by atoms with E-state index in [9.17, 15) is 4.79 Å². The maximum atomic E-state index is 13.0. The van der Waals surface area contributed by atoms with Crippen LogP contribution in [0.4, 0.5) is 0 Å². The van der Waals surface area contributed by atoms with Crippen LogP contribution in [0, 0.1) is 0 Å². The lowest BCUT2D eigenvalue weighted by Gasteiger charge is -2.35. The highest BCUT2D eigenvalue weighted by atomic mass is 35.5. The number of piperidine rings is 1. The molecule has 2 fully saturated rings. The van der Waals surface area contributed by atoms with Crippen LogP contribution in [0.1, 0.15) is 36.1 Å². The molecule has 2 bridgehead atoms. The molecule has 0 N–H and O–H groups in total. The van der Waals surface area contributed by atoms with Crippen molar-refractivity contribution in [3.8, 4) is 0 Å². The highest BCUT2D eigenvalue weighted by Crippen LogP contribution is 2.36. The molecule has 5 heteroatoms. The highest BCUT2D eigenvalue weighted by Gasteiger charge is 2.40. The van der Waals surface area contributed by atoms with Gasteiger partial charge in [-0.2, -0.15) is 0 Å². The third kappa shape index (κ3) is 3.73. The second kappa shape index (κ2) is 7.55. The van der Waals surface area contributed by atoms with Crippen LogP contribution in [-0.2, 0) is 9.53 Å². The van der Waals surface area contributed by atoms with Crippen LogP contribution in [-0.4, -0.2) is 36.1 Å². The molecule has 2 aliphatic heterocycles. The van der Waals surface area contributed by atoms with E-state index in [1.54, 1.807) is 11.3 Å². The summed E-state index contributed by atoms with van der Waals surface area (Å²) in [7, 11) is 2.19. The molecule has 3 atom stereocenters. The van der Waals surface area contributed by atoms with Gasteiger partial charge in [-0.05, 0) is 55.1 Å². The number of hydrogen-bond donors (Lipinski definition) is 0. The number of fused-ring (bicyclic) bond motifs is 2. The molecule has 0 saturated carbocycles. The number of hydrogen-bond acceptors (Lipinski definition) is 4. The minimum Gasteiger partial charge on any atom is -0.459 e. The Morgan fingerprint density at radius 1 is 1.19 bits per heavy atom. The molecule has 3 heterocycles. The Morgan fingerprint density at radius 2 is 1.88 bits per heavy atom. The van der Waals surface area contributed by atoms with Gasteiger partial charge in [0.1, 0.15) is 6.10 Å². The largest absolute Gasteiger partial charge is 0.459 e. The normalized spacial score (nSPS) is 26.1. The summed E-state index contributed by atoms with van der Waals surface area (Å²) in [6, 6.07) is 12.4. The summed E-state index contributed by atoms with van der Waals surface area (Å²) in [6.07, 6.45) is 6.22. The molecule has 0 radical (unpaired) electrons. The number of carbonyl (C=O) groups excluding carboxylic acids is 1. The molecule has 0 amide bonds. The molecule has 4 rings (SSSR count). The number of rotatable bonds is 4. The van der Waals surface area contributed by atoms with E-state index in [0.717, 1.165) is 23.3 Å². The van der Waals surface area contributed by atoms with Gasteiger partial charge in [-0.1, -0.05) is 29.8 Å². The Bertz CT molecular complexity index is 786. The van der Waals surface area contributed by atoms with Crippen molar-refractivity contribution in [2.45, 2.75) is 43.9 Å². The molecular weight excluding hydrogens is 366 g/mol. The van der Waals surface area contributed by atoms with Gasteiger partial charge >= 0.3 is 5.97 Å².